The van der Waals surface area contributed by atoms with E-state index in [-0.39, 0.29) is 18.7 Å². The molecule has 110 valence electrons. The number of carbonyl (C=O) groups excluding carboxylic acids is 2. The van der Waals surface area contributed by atoms with E-state index >= 15 is 0 Å². The molecule has 21 heavy (non-hydrogen) atoms. The number of nitrogens with zero attached hydrogens (tertiary/aromatic N) is 2. The molecule has 0 radical (unpaired) electrons. The van der Waals surface area contributed by atoms with Gasteiger partial charge in [-0.2, -0.15) is 0 Å². The Morgan fingerprint density at radius 1 is 1.52 bits per heavy atom. The third-order valence-corrected chi connectivity index (χ3v) is 2.86. The van der Waals surface area contributed by atoms with Crippen molar-refractivity contribution in [2.75, 3.05) is 5.32 Å². The highest BCUT2D eigenvalue weighted by molar-refractivity contribution is 6.02. The van der Waals surface area contributed by atoms with Crippen molar-refractivity contribution in [1.29, 1.82) is 0 Å². The molecule has 0 aromatic carbocycles. The van der Waals surface area contributed by atoms with Gasteiger partial charge >= 0.3 is 5.97 Å². The summed E-state index contributed by atoms with van der Waals surface area (Å²) in [6.45, 7) is 0. The molecule has 0 bridgehead atoms. The van der Waals surface area contributed by atoms with Crippen LogP contribution >= 0.6 is 0 Å². The van der Waals surface area contributed by atoms with Crippen LogP contribution in [0, 0.1) is 10.1 Å². The van der Waals surface area contributed by atoms with Crippen LogP contribution in [-0.2, 0) is 9.59 Å². The van der Waals surface area contributed by atoms with Crippen molar-refractivity contribution in [2.24, 2.45) is 0 Å². The summed E-state index contributed by atoms with van der Waals surface area (Å²) in [7, 11) is 0. The maximum Gasteiger partial charge on any atom is 0.339 e. The number of carboxylic acids is 1. The second-order valence-corrected chi connectivity index (χ2v) is 4.30. The average Bonchev–Trinajstić information content (AvgIpc) is 2.41. The molecule has 2 heterocycles. The van der Waals surface area contributed by atoms with E-state index < -0.39 is 40.0 Å². The molecule has 3 N–H and O–H groups in total. The Hall–Kier alpha value is -3.04. The number of hydrogen-bond donors (Lipinski definition) is 3. The van der Waals surface area contributed by atoms with Crippen LogP contribution in [0.5, 0.6) is 0 Å². The molecule has 2 rings (SSSR count). The second-order valence-electron chi connectivity index (χ2n) is 4.30. The minimum absolute atomic E-state index is 0.110. The van der Waals surface area contributed by atoms with Crippen LogP contribution < -0.4 is 10.6 Å². The normalized spacial score (nSPS) is 18.0. The lowest BCUT2D eigenvalue weighted by atomic mass is 10.1. The predicted octanol–water partition coefficient (Wildman–Crippen LogP) is -0.0949. The monoisotopic (exact) mass is 294 g/mol. The summed E-state index contributed by atoms with van der Waals surface area (Å²) in [5, 5.41) is 24.4. The van der Waals surface area contributed by atoms with Crippen LogP contribution in [0.25, 0.3) is 0 Å². The number of carbonyl (C=O) groups is 3. The first-order valence-electron chi connectivity index (χ1n) is 5.86. The average molecular weight is 294 g/mol. The van der Waals surface area contributed by atoms with Gasteiger partial charge in [0.05, 0.1) is 4.92 Å². The van der Waals surface area contributed by atoms with Gasteiger partial charge in [-0.15, -0.1) is 0 Å². The number of pyridine rings is 1. The molecular weight excluding hydrogens is 284 g/mol. The van der Waals surface area contributed by atoms with Crippen LogP contribution in [0.15, 0.2) is 12.3 Å². The van der Waals surface area contributed by atoms with Crippen LogP contribution in [0.1, 0.15) is 23.2 Å². The Balaban J connectivity index is 2.27. The van der Waals surface area contributed by atoms with Gasteiger partial charge in [0.2, 0.25) is 11.8 Å². The molecule has 10 heteroatoms. The number of amides is 2. The van der Waals surface area contributed by atoms with Gasteiger partial charge in [-0.3, -0.25) is 25.0 Å². The minimum atomic E-state index is -1.42. The van der Waals surface area contributed by atoms with Crippen molar-refractivity contribution in [3.05, 3.63) is 27.9 Å². The highest BCUT2D eigenvalue weighted by Crippen LogP contribution is 2.21. The molecule has 1 atom stereocenters. The van der Waals surface area contributed by atoms with Gasteiger partial charge in [0.25, 0.3) is 5.69 Å². The number of rotatable bonds is 4. The molecule has 10 nitrogen and oxygen atoms in total. The Morgan fingerprint density at radius 3 is 2.81 bits per heavy atom. The number of aromatic nitrogens is 1. The van der Waals surface area contributed by atoms with E-state index in [1.54, 1.807) is 0 Å². The standard InChI is InChI=1S/C11H10N4O6/c16-8-2-1-7(10(17)14-8)13-9-6(11(18)19)3-5(4-12-9)15(20)21/h3-4,7H,1-2H2,(H,12,13)(H,18,19)(H,14,16,17). The summed E-state index contributed by atoms with van der Waals surface area (Å²) < 4.78 is 0. The molecule has 1 unspecified atom stereocenters. The summed E-state index contributed by atoms with van der Waals surface area (Å²) in [4.78, 5) is 47.2. The summed E-state index contributed by atoms with van der Waals surface area (Å²) in [6.07, 6.45) is 1.18. The van der Waals surface area contributed by atoms with Crippen LogP contribution in [0.2, 0.25) is 0 Å². The van der Waals surface area contributed by atoms with Crippen LogP contribution in [0.4, 0.5) is 11.5 Å². The van der Waals surface area contributed by atoms with Gasteiger partial charge in [-0.05, 0) is 6.42 Å². The van der Waals surface area contributed by atoms with Gasteiger partial charge in [0.15, 0.2) is 0 Å². The molecule has 2 amide bonds. The number of piperidine rings is 1. The number of aromatic carboxylic acids is 1. The zero-order valence-electron chi connectivity index (χ0n) is 10.5. The number of nitrogens with one attached hydrogen (secondary N) is 2. The summed E-state index contributed by atoms with van der Waals surface area (Å²) in [6, 6.07) is 0.0264. The second kappa shape index (κ2) is 5.53. The molecule has 0 spiro atoms. The van der Waals surface area contributed by atoms with Crippen LogP contribution in [0.3, 0.4) is 0 Å². The Bertz CT molecular complexity index is 644. The number of nitro groups is 1. The quantitative estimate of drug-likeness (QED) is 0.395. The summed E-state index contributed by atoms with van der Waals surface area (Å²) in [5.74, 6) is -2.58. The third-order valence-electron chi connectivity index (χ3n) is 2.86. The van der Waals surface area contributed by atoms with E-state index in [9.17, 15) is 24.5 Å². The van der Waals surface area contributed by atoms with Crippen molar-refractivity contribution in [3.63, 3.8) is 0 Å². The van der Waals surface area contributed by atoms with E-state index in [4.69, 9.17) is 5.11 Å². The van der Waals surface area contributed by atoms with Crippen molar-refractivity contribution in [2.45, 2.75) is 18.9 Å². The minimum Gasteiger partial charge on any atom is -0.478 e. The fourth-order valence-corrected chi connectivity index (χ4v) is 1.83. The topological polar surface area (TPSA) is 152 Å². The van der Waals surface area contributed by atoms with Gasteiger partial charge in [0, 0.05) is 12.5 Å². The SMILES string of the molecule is O=C1CCC(Nc2ncc([N+](=O)[O-])cc2C(=O)O)C(=O)N1. The first-order valence-corrected chi connectivity index (χ1v) is 5.86. The fraction of sp³-hybridized carbons (Fsp3) is 0.273. The van der Waals surface area contributed by atoms with E-state index in [0.29, 0.717) is 0 Å². The molecule has 0 aliphatic carbocycles. The zero-order valence-corrected chi connectivity index (χ0v) is 10.5. The van der Waals surface area contributed by atoms with Crippen molar-refractivity contribution >= 4 is 29.3 Å². The van der Waals surface area contributed by atoms with Gasteiger partial charge < -0.3 is 10.4 Å². The Labute approximate surface area is 117 Å². The molecule has 1 aromatic heterocycles. The maximum atomic E-state index is 11.6. The Kier molecular flexibility index (Phi) is 3.78. The van der Waals surface area contributed by atoms with E-state index in [1.165, 1.54) is 0 Å². The first kappa shape index (κ1) is 14.4. The van der Waals surface area contributed by atoms with Crippen LogP contribution in [-0.4, -0.2) is 38.8 Å². The number of anilines is 1. The van der Waals surface area contributed by atoms with Crippen molar-refractivity contribution in [1.82, 2.24) is 10.3 Å². The number of carboxylic acid groups (broad SMARTS) is 1. The molecule has 1 aliphatic heterocycles. The predicted molar refractivity (Wildman–Crippen MR) is 67.6 cm³/mol. The van der Waals surface area contributed by atoms with Gasteiger partial charge in [0.1, 0.15) is 23.6 Å². The number of imide groups is 1. The van der Waals surface area contributed by atoms with Gasteiger partial charge in [-0.25, -0.2) is 9.78 Å². The summed E-state index contributed by atoms with van der Waals surface area (Å²) in [5.41, 5.74) is -0.893. The lowest BCUT2D eigenvalue weighted by Crippen LogP contribution is -2.47. The molecular formula is C11H10N4O6. The largest absolute Gasteiger partial charge is 0.478 e. The zero-order chi connectivity index (χ0) is 15.6. The highest BCUT2D eigenvalue weighted by atomic mass is 16.6. The lowest BCUT2D eigenvalue weighted by molar-refractivity contribution is -0.385. The third kappa shape index (κ3) is 3.11. The first-order chi connectivity index (χ1) is 9.88. The van der Waals surface area contributed by atoms with Crippen molar-refractivity contribution in [3.8, 4) is 0 Å². The van der Waals surface area contributed by atoms with E-state index in [2.05, 4.69) is 15.6 Å². The molecule has 1 saturated heterocycles. The van der Waals surface area contributed by atoms with E-state index in [1.807, 2.05) is 0 Å². The fourth-order valence-electron chi connectivity index (χ4n) is 1.83. The smallest absolute Gasteiger partial charge is 0.339 e. The number of hydrogen-bond acceptors (Lipinski definition) is 7. The highest BCUT2D eigenvalue weighted by Gasteiger charge is 2.28. The molecule has 1 aliphatic rings. The van der Waals surface area contributed by atoms with E-state index in [0.717, 1.165) is 12.3 Å². The maximum absolute atomic E-state index is 11.6. The van der Waals surface area contributed by atoms with Crippen molar-refractivity contribution < 1.29 is 24.4 Å². The molecule has 0 saturated carbocycles. The molecule has 1 aromatic rings. The lowest BCUT2D eigenvalue weighted by Gasteiger charge is -2.22. The Morgan fingerprint density at radius 2 is 2.24 bits per heavy atom. The molecule has 1 fully saturated rings. The summed E-state index contributed by atoms with van der Waals surface area (Å²) >= 11 is 0. The van der Waals surface area contributed by atoms with Gasteiger partial charge in [-0.1, -0.05) is 0 Å².